The molecule has 5 N–H and O–H groups in total. The lowest BCUT2D eigenvalue weighted by molar-refractivity contribution is -0.385. The van der Waals surface area contributed by atoms with E-state index in [0.29, 0.717) is 15.6 Å². The lowest BCUT2D eigenvalue weighted by atomic mass is 10.1. The van der Waals surface area contributed by atoms with Crippen LogP contribution in [-0.2, 0) is 6.61 Å². The van der Waals surface area contributed by atoms with Crippen LogP contribution in [0.3, 0.4) is 0 Å². The molecule has 0 saturated heterocycles. The number of nitro benzene ring substituents is 1. The summed E-state index contributed by atoms with van der Waals surface area (Å²) in [7, 11) is 0. The van der Waals surface area contributed by atoms with Gasteiger partial charge in [0, 0.05) is 34.8 Å². The van der Waals surface area contributed by atoms with Gasteiger partial charge in [-0.3, -0.25) is 14.9 Å². The fourth-order valence-electron chi connectivity index (χ4n) is 2.48. The summed E-state index contributed by atoms with van der Waals surface area (Å²) in [6.07, 6.45) is 1.17. The number of hydrogen-bond acceptors (Lipinski definition) is 8. The molecule has 27 heavy (non-hydrogen) atoms. The number of carboxylic acids is 1. The second-order valence-electron chi connectivity index (χ2n) is 5.42. The molecule has 1 aromatic carbocycles. The smallest absolute Gasteiger partial charge is 0.338 e. The Kier molecular flexibility index (Phi) is 4.60. The van der Waals surface area contributed by atoms with E-state index in [0.717, 1.165) is 17.4 Å². The van der Waals surface area contributed by atoms with Gasteiger partial charge < -0.3 is 21.3 Å². The molecule has 0 aliphatic heterocycles. The van der Waals surface area contributed by atoms with Crippen molar-refractivity contribution in [1.29, 1.82) is 0 Å². The molecule has 10 nitrogen and oxygen atoms in total. The number of benzene rings is 1. The van der Waals surface area contributed by atoms with Gasteiger partial charge in [0.05, 0.1) is 15.2 Å². The molecule has 3 rings (SSSR count). The van der Waals surface area contributed by atoms with Crippen LogP contribution in [0.4, 0.5) is 11.5 Å². The number of nitrogens with two attached hydrogens (primary N) is 2. The number of aromatic carboxylic acids is 1. The summed E-state index contributed by atoms with van der Waals surface area (Å²) in [4.78, 5) is 37.0. The van der Waals surface area contributed by atoms with Crippen molar-refractivity contribution in [3.63, 3.8) is 0 Å². The number of aromatic nitrogens is 1. The highest BCUT2D eigenvalue weighted by Crippen LogP contribution is 2.34. The summed E-state index contributed by atoms with van der Waals surface area (Å²) >= 11 is 1.15. The summed E-state index contributed by atoms with van der Waals surface area (Å²) in [6, 6.07) is 3.53. The van der Waals surface area contributed by atoms with Gasteiger partial charge in [0.25, 0.3) is 0 Å². The van der Waals surface area contributed by atoms with E-state index in [1.165, 1.54) is 18.3 Å². The first-order chi connectivity index (χ1) is 12.8. The highest BCUT2D eigenvalue weighted by Gasteiger charge is 2.20. The van der Waals surface area contributed by atoms with E-state index < -0.39 is 16.8 Å². The standard InChI is InChI=1S/C16H12N4O6S/c17-14-12-8(6-27-13(12)9(4-19-14)16(22)23)5-26-11-3-7(15(18)21)1-2-10(11)20(24)25/h1-4,6H,5H2,(H2,17,19)(H2,18,21)(H,22,23). The van der Waals surface area contributed by atoms with Crippen LogP contribution in [0, 0.1) is 10.1 Å². The monoisotopic (exact) mass is 388 g/mol. The van der Waals surface area contributed by atoms with Crippen LogP contribution in [0.15, 0.2) is 29.8 Å². The van der Waals surface area contributed by atoms with Gasteiger partial charge in [-0.1, -0.05) is 0 Å². The van der Waals surface area contributed by atoms with Crippen molar-refractivity contribution in [2.24, 2.45) is 5.73 Å². The Morgan fingerprint density at radius 1 is 1.37 bits per heavy atom. The Bertz CT molecular complexity index is 1090. The lowest BCUT2D eigenvalue weighted by Gasteiger charge is -2.08. The minimum Gasteiger partial charge on any atom is -0.482 e. The third-order valence-electron chi connectivity index (χ3n) is 3.76. The number of fused-ring (bicyclic) bond motifs is 1. The van der Waals surface area contributed by atoms with Crippen LogP contribution < -0.4 is 16.2 Å². The second-order valence-corrected chi connectivity index (χ2v) is 6.30. The lowest BCUT2D eigenvalue weighted by Crippen LogP contribution is -2.11. The average Bonchev–Trinajstić information content (AvgIpc) is 3.04. The molecule has 0 unspecified atom stereocenters. The molecule has 1 amide bonds. The molecule has 0 saturated carbocycles. The maximum Gasteiger partial charge on any atom is 0.338 e. The van der Waals surface area contributed by atoms with E-state index >= 15 is 0 Å². The first kappa shape index (κ1) is 18.1. The number of amides is 1. The third-order valence-corrected chi connectivity index (χ3v) is 4.82. The maximum absolute atomic E-state index is 11.3. The Hall–Kier alpha value is -3.73. The molecule has 0 fully saturated rings. The van der Waals surface area contributed by atoms with Crippen LogP contribution in [0.1, 0.15) is 26.3 Å². The number of carboxylic acid groups (broad SMARTS) is 1. The summed E-state index contributed by atoms with van der Waals surface area (Å²) < 4.78 is 5.95. The van der Waals surface area contributed by atoms with Crippen molar-refractivity contribution < 1.29 is 24.4 Å². The molecule has 2 heterocycles. The van der Waals surface area contributed by atoms with E-state index in [1.807, 2.05) is 0 Å². The van der Waals surface area contributed by atoms with Crippen molar-refractivity contribution in [1.82, 2.24) is 4.98 Å². The largest absolute Gasteiger partial charge is 0.482 e. The molecule has 3 aromatic rings. The summed E-state index contributed by atoms with van der Waals surface area (Å²) in [5.41, 5.74) is 11.3. The highest BCUT2D eigenvalue weighted by atomic mass is 32.1. The zero-order valence-electron chi connectivity index (χ0n) is 13.5. The van der Waals surface area contributed by atoms with Gasteiger partial charge in [0.15, 0.2) is 5.75 Å². The van der Waals surface area contributed by atoms with Gasteiger partial charge in [-0.25, -0.2) is 9.78 Å². The van der Waals surface area contributed by atoms with Gasteiger partial charge in [0.1, 0.15) is 12.4 Å². The van der Waals surface area contributed by atoms with Crippen molar-refractivity contribution in [3.05, 3.63) is 56.6 Å². The number of pyridine rings is 1. The van der Waals surface area contributed by atoms with Gasteiger partial charge in [-0.15, -0.1) is 11.3 Å². The predicted molar refractivity (Wildman–Crippen MR) is 96.9 cm³/mol. The quantitative estimate of drug-likeness (QED) is 0.425. The Labute approximate surface area is 155 Å². The Morgan fingerprint density at radius 2 is 2.11 bits per heavy atom. The third kappa shape index (κ3) is 3.35. The van der Waals surface area contributed by atoms with Crippen LogP contribution in [0.5, 0.6) is 5.75 Å². The number of primary amides is 1. The molecule has 0 spiro atoms. The zero-order valence-corrected chi connectivity index (χ0v) is 14.4. The van der Waals surface area contributed by atoms with Crippen LogP contribution >= 0.6 is 11.3 Å². The molecular formula is C16H12N4O6S. The average molecular weight is 388 g/mol. The molecule has 138 valence electrons. The van der Waals surface area contributed by atoms with Crippen molar-refractivity contribution in [2.75, 3.05) is 5.73 Å². The maximum atomic E-state index is 11.3. The van der Waals surface area contributed by atoms with Gasteiger partial charge in [-0.05, 0) is 11.4 Å². The van der Waals surface area contributed by atoms with Gasteiger partial charge in [0.2, 0.25) is 5.91 Å². The summed E-state index contributed by atoms with van der Waals surface area (Å²) in [6.45, 7) is -0.141. The SMILES string of the molecule is NC(=O)c1ccc([N+](=O)[O-])c(OCc2csc3c(C(=O)O)cnc(N)c23)c1. The van der Waals surface area contributed by atoms with Crippen LogP contribution in [0.2, 0.25) is 0 Å². The minimum atomic E-state index is -1.15. The fraction of sp³-hybridized carbons (Fsp3) is 0.0625. The number of nitrogen functional groups attached to an aromatic ring is 1. The van der Waals surface area contributed by atoms with Gasteiger partial charge in [-0.2, -0.15) is 0 Å². The zero-order chi connectivity index (χ0) is 19.7. The first-order valence-corrected chi connectivity index (χ1v) is 8.26. The number of hydrogen-bond donors (Lipinski definition) is 3. The number of nitro groups is 1. The van der Waals surface area contributed by atoms with E-state index in [1.54, 1.807) is 5.38 Å². The van der Waals surface area contributed by atoms with E-state index in [2.05, 4.69) is 4.98 Å². The van der Waals surface area contributed by atoms with Crippen LogP contribution in [-0.4, -0.2) is 26.9 Å². The van der Waals surface area contributed by atoms with E-state index in [9.17, 15) is 24.8 Å². The molecular weight excluding hydrogens is 376 g/mol. The number of carbonyl (C=O) groups excluding carboxylic acids is 1. The predicted octanol–water partition coefficient (Wildman–Crippen LogP) is 2.16. The van der Waals surface area contributed by atoms with Gasteiger partial charge >= 0.3 is 11.7 Å². The molecule has 0 aliphatic rings. The molecule has 11 heteroatoms. The Morgan fingerprint density at radius 3 is 2.74 bits per heavy atom. The molecule has 0 aliphatic carbocycles. The summed E-state index contributed by atoms with van der Waals surface area (Å²) in [5, 5.41) is 22.5. The number of carbonyl (C=O) groups is 2. The Balaban J connectivity index is 1.99. The van der Waals surface area contributed by atoms with Crippen molar-refractivity contribution in [2.45, 2.75) is 6.61 Å². The normalized spacial score (nSPS) is 10.7. The topological polar surface area (TPSA) is 172 Å². The van der Waals surface area contributed by atoms with E-state index in [4.69, 9.17) is 16.2 Å². The summed E-state index contributed by atoms with van der Waals surface area (Å²) in [5.74, 6) is -1.92. The molecule has 0 radical (unpaired) electrons. The first-order valence-electron chi connectivity index (χ1n) is 7.38. The van der Waals surface area contributed by atoms with Crippen molar-refractivity contribution >= 4 is 44.8 Å². The molecule has 0 bridgehead atoms. The number of ether oxygens (including phenoxy) is 1. The number of nitrogens with zero attached hydrogens (tertiary/aromatic N) is 2. The molecule has 2 aromatic heterocycles. The second kappa shape index (κ2) is 6.88. The van der Waals surface area contributed by atoms with E-state index in [-0.39, 0.29) is 35.0 Å². The van der Waals surface area contributed by atoms with Crippen LogP contribution in [0.25, 0.3) is 10.1 Å². The molecule has 0 atom stereocenters. The number of anilines is 1. The number of rotatable bonds is 6. The minimum absolute atomic E-state index is 0.00263. The van der Waals surface area contributed by atoms with Crippen molar-refractivity contribution in [3.8, 4) is 5.75 Å². The fourth-order valence-corrected chi connectivity index (χ4v) is 3.54. The highest BCUT2D eigenvalue weighted by molar-refractivity contribution is 7.17. The number of thiophene rings is 1.